The first kappa shape index (κ1) is 14.5. The third-order valence-corrected chi connectivity index (χ3v) is 2.29. The van der Waals surface area contributed by atoms with Gasteiger partial charge in [-0.15, -0.1) is 0 Å². The minimum Gasteiger partial charge on any atom is -0.494 e. The first-order chi connectivity index (χ1) is 8.61. The fourth-order valence-corrected chi connectivity index (χ4v) is 1.48. The van der Waals surface area contributed by atoms with E-state index in [0.29, 0.717) is 19.1 Å². The molecule has 0 atom stereocenters. The van der Waals surface area contributed by atoms with Crippen LogP contribution in [0.4, 0.5) is 5.69 Å². The third-order valence-electron chi connectivity index (χ3n) is 2.29. The molecular weight excluding hydrogens is 228 g/mol. The van der Waals surface area contributed by atoms with Crippen LogP contribution in [-0.2, 0) is 4.79 Å². The van der Waals surface area contributed by atoms with E-state index in [0.717, 1.165) is 18.0 Å². The summed E-state index contributed by atoms with van der Waals surface area (Å²) >= 11 is 0. The van der Waals surface area contributed by atoms with Crippen LogP contribution in [-0.4, -0.2) is 25.6 Å². The van der Waals surface area contributed by atoms with Gasteiger partial charge in [0.2, 0.25) is 5.91 Å². The van der Waals surface area contributed by atoms with E-state index in [1.54, 1.807) is 0 Å². The number of carbonyl (C=O) groups is 1. The Hall–Kier alpha value is -1.55. The van der Waals surface area contributed by atoms with E-state index in [-0.39, 0.29) is 5.91 Å². The topological polar surface area (TPSA) is 50.4 Å². The van der Waals surface area contributed by atoms with Crippen molar-refractivity contribution in [2.45, 2.75) is 20.8 Å². The average molecular weight is 250 g/mol. The number of amides is 1. The molecule has 18 heavy (non-hydrogen) atoms. The van der Waals surface area contributed by atoms with Crippen molar-refractivity contribution in [3.8, 4) is 5.75 Å². The molecule has 0 unspecified atom stereocenters. The molecule has 4 nitrogen and oxygen atoms in total. The van der Waals surface area contributed by atoms with Crippen LogP contribution in [0.5, 0.6) is 5.75 Å². The minimum absolute atomic E-state index is 0.0280. The fraction of sp³-hybridized carbons (Fsp3) is 0.500. The van der Waals surface area contributed by atoms with E-state index in [9.17, 15) is 4.79 Å². The van der Waals surface area contributed by atoms with Crippen molar-refractivity contribution in [1.82, 2.24) is 5.32 Å². The average Bonchev–Trinajstić information content (AvgIpc) is 2.31. The molecule has 0 heterocycles. The number of rotatable bonds is 7. The molecular formula is C14H22N2O2. The van der Waals surface area contributed by atoms with Crippen molar-refractivity contribution >= 4 is 11.6 Å². The Bertz CT molecular complexity index is 361. The molecule has 0 aliphatic carbocycles. The largest absolute Gasteiger partial charge is 0.494 e. The molecule has 1 aromatic carbocycles. The summed E-state index contributed by atoms with van der Waals surface area (Å²) in [6.07, 6.45) is 0. The van der Waals surface area contributed by atoms with Crippen LogP contribution >= 0.6 is 0 Å². The number of ether oxygens (including phenoxy) is 1. The van der Waals surface area contributed by atoms with Crippen molar-refractivity contribution in [3.05, 3.63) is 24.3 Å². The highest BCUT2D eigenvalue weighted by Crippen LogP contribution is 2.15. The molecule has 0 radical (unpaired) electrons. The second kappa shape index (κ2) is 7.71. The van der Waals surface area contributed by atoms with Crippen LogP contribution in [0.2, 0.25) is 0 Å². The highest BCUT2D eigenvalue weighted by atomic mass is 16.5. The zero-order chi connectivity index (χ0) is 13.4. The Labute approximate surface area is 109 Å². The first-order valence-corrected chi connectivity index (χ1v) is 6.35. The number of benzene rings is 1. The van der Waals surface area contributed by atoms with E-state index in [1.807, 2.05) is 31.2 Å². The van der Waals surface area contributed by atoms with Gasteiger partial charge in [0, 0.05) is 5.69 Å². The van der Waals surface area contributed by atoms with Crippen molar-refractivity contribution in [1.29, 1.82) is 0 Å². The molecule has 0 saturated heterocycles. The van der Waals surface area contributed by atoms with Gasteiger partial charge in [0.15, 0.2) is 0 Å². The maximum atomic E-state index is 11.6. The van der Waals surface area contributed by atoms with Gasteiger partial charge < -0.3 is 15.4 Å². The van der Waals surface area contributed by atoms with Gasteiger partial charge in [-0.2, -0.15) is 0 Å². The quantitative estimate of drug-likeness (QED) is 0.780. The zero-order valence-electron chi connectivity index (χ0n) is 11.3. The molecule has 0 aliphatic heterocycles. The molecule has 0 aromatic heterocycles. The molecule has 1 rings (SSSR count). The molecule has 4 heteroatoms. The zero-order valence-corrected chi connectivity index (χ0v) is 11.3. The summed E-state index contributed by atoms with van der Waals surface area (Å²) in [5.74, 6) is 1.33. The molecule has 0 aliphatic rings. The molecule has 0 saturated carbocycles. The van der Waals surface area contributed by atoms with Crippen LogP contribution in [0.15, 0.2) is 24.3 Å². The van der Waals surface area contributed by atoms with Gasteiger partial charge in [-0.3, -0.25) is 4.79 Å². The Morgan fingerprint density at radius 2 is 1.94 bits per heavy atom. The number of anilines is 1. The Kier molecular flexibility index (Phi) is 6.22. The Balaban J connectivity index is 2.35. The lowest BCUT2D eigenvalue weighted by atomic mass is 10.2. The van der Waals surface area contributed by atoms with Crippen LogP contribution in [0.25, 0.3) is 0 Å². The maximum absolute atomic E-state index is 11.6. The Morgan fingerprint density at radius 3 is 2.50 bits per heavy atom. The number of carbonyl (C=O) groups excluding carboxylic acids is 1. The molecule has 0 fully saturated rings. The predicted molar refractivity (Wildman–Crippen MR) is 73.9 cm³/mol. The van der Waals surface area contributed by atoms with Crippen molar-refractivity contribution in [2.75, 3.05) is 25.0 Å². The van der Waals surface area contributed by atoms with E-state index < -0.39 is 0 Å². The van der Waals surface area contributed by atoms with Crippen LogP contribution in [0, 0.1) is 5.92 Å². The number of hydrogen-bond donors (Lipinski definition) is 2. The van der Waals surface area contributed by atoms with Crippen LogP contribution < -0.4 is 15.4 Å². The maximum Gasteiger partial charge on any atom is 0.238 e. The summed E-state index contributed by atoms with van der Waals surface area (Å²) in [6, 6.07) is 7.37. The predicted octanol–water partition coefficient (Wildman–Crippen LogP) is 2.27. The summed E-state index contributed by atoms with van der Waals surface area (Å²) < 4.78 is 5.33. The Morgan fingerprint density at radius 1 is 1.28 bits per heavy atom. The summed E-state index contributed by atoms with van der Waals surface area (Å²) in [7, 11) is 0. The molecule has 1 amide bonds. The minimum atomic E-state index is -0.0280. The summed E-state index contributed by atoms with van der Waals surface area (Å²) in [6.45, 7) is 7.98. The van der Waals surface area contributed by atoms with Gasteiger partial charge in [0.1, 0.15) is 5.75 Å². The van der Waals surface area contributed by atoms with E-state index >= 15 is 0 Å². The van der Waals surface area contributed by atoms with Crippen molar-refractivity contribution in [3.63, 3.8) is 0 Å². The number of hydrogen-bond acceptors (Lipinski definition) is 3. The van der Waals surface area contributed by atoms with E-state index in [4.69, 9.17) is 4.74 Å². The van der Waals surface area contributed by atoms with Crippen LogP contribution in [0.3, 0.4) is 0 Å². The number of nitrogens with one attached hydrogen (secondary N) is 2. The highest BCUT2D eigenvalue weighted by Gasteiger charge is 2.02. The molecule has 2 N–H and O–H groups in total. The second-order valence-electron chi connectivity index (χ2n) is 4.53. The SMILES string of the molecule is CCOc1ccc(NC(=O)CNCC(C)C)cc1. The molecule has 1 aromatic rings. The van der Waals surface area contributed by atoms with Gasteiger partial charge in [-0.25, -0.2) is 0 Å². The summed E-state index contributed by atoms with van der Waals surface area (Å²) in [5.41, 5.74) is 0.787. The lowest BCUT2D eigenvalue weighted by Gasteiger charge is -2.09. The monoisotopic (exact) mass is 250 g/mol. The van der Waals surface area contributed by atoms with Gasteiger partial charge >= 0.3 is 0 Å². The lowest BCUT2D eigenvalue weighted by Crippen LogP contribution is -2.30. The summed E-state index contributed by atoms with van der Waals surface area (Å²) in [4.78, 5) is 11.6. The summed E-state index contributed by atoms with van der Waals surface area (Å²) in [5, 5.41) is 5.93. The van der Waals surface area contributed by atoms with Crippen molar-refractivity contribution in [2.24, 2.45) is 5.92 Å². The molecule has 0 spiro atoms. The molecule has 100 valence electrons. The first-order valence-electron chi connectivity index (χ1n) is 6.35. The van der Waals surface area contributed by atoms with Crippen molar-refractivity contribution < 1.29 is 9.53 Å². The smallest absolute Gasteiger partial charge is 0.238 e. The normalized spacial score (nSPS) is 10.4. The van der Waals surface area contributed by atoms with E-state index in [1.165, 1.54) is 0 Å². The van der Waals surface area contributed by atoms with Gasteiger partial charge in [-0.05, 0) is 43.7 Å². The fourth-order valence-electron chi connectivity index (χ4n) is 1.48. The highest BCUT2D eigenvalue weighted by molar-refractivity contribution is 5.92. The molecule has 0 bridgehead atoms. The second-order valence-corrected chi connectivity index (χ2v) is 4.53. The van der Waals surface area contributed by atoms with Gasteiger partial charge in [0.25, 0.3) is 0 Å². The van der Waals surface area contributed by atoms with Gasteiger partial charge in [-0.1, -0.05) is 13.8 Å². The lowest BCUT2D eigenvalue weighted by molar-refractivity contribution is -0.115. The van der Waals surface area contributed by atoms with E-state index in [2.05, 4.69) is 24.5 Å². The van der Waals surface area contributed by atoms with Crippen LogP contribution in [0.1, 0.15) is 20.8 Å². The van der Waals surface area contributed by atoms with Gasteiger partial charge in [0.05, 0.1) is 13.2 Å². The third kappa shape index (κ3) is 5.68. The standard InChI is InChI=1S/C14H22N2O2/c1-4-18-13-7-5-12(6-8-13)16-14(17)10-15-9-11(2)3/h5-8,11,15H,4,9-10H2,1-3H3,(H,16,17).